The molecule has 0 radical (unpaired) electrons. The van der Waals surface area contributed by atoms with Gasteiger partial charge in [0.05, 0.1) is 19.8 Å². The summed E-state index contributed by atoms with van der Waals surface area (Å²) in [6, 6.07) is 3.55. The van der Waals surface area contributed by atoms with Gasteiger partial charge in [-0.3, -0.25) is 0 Å². The third-order valence-corrected chi connectivity index (χ3v) is 3.64. The molecule has 0 bridgehead atoms. The molecule has 0 aliphatic rings. The lowest BCUT2D eigenvalue weighted by atomic mass is 10.2. The molecule has 5 nitrogen and oxygen atoms in total. The Morgan fingerprint density at radius 3 is 3.05 bits per heavy atom. The number of nitrogens with one attached hydrogen (secondary N) is 1. The molecule has 20 heavy (non-hydrogen) atoms. The molecule has 0 aromatic carbocycles. The Balaban J connectivity index is 1.87. The highest BCUT2D eigenvalue weighted by molar-refractivity contribution is 7.07. The highest BCUT2D eigenvalue weighted by Crippen LogP contribution is 2.17. The van der Waals surface area contributed by atoms with Gasteiger partial charge in [-0.2, -0.15) is 11.3 Å². The maximum atomic E-state index is 11.4. The van der Waals surface area contributed by atoms with Crippen LogP contribution in [0.3, 0.4) is 0 Å². The summed E-state index contributed by atoms with van der Waals surface area (Å²) in [5.41, 5.74) is 1.33. The van der Waals surface area contributed by atoms with Crippen LogP contribution in [0.25, 0.3) is 0 Å². The van der Waals surface area contributed by atoms with Gasteiger partial charge in [-0.05, 0) is 35.4 Å². The van der Waals surface area contributed by atoms with E-state index < -0.39 is 12.1 Å². The first-order chi connectivity index (χ1) is 9.61. The molecule has 0 aliphatic heterocycles. The van der Waals surface area contributed by atoms with E-state index in [0.29, 0.717) is 30.2 Å². The van der Waals surface area contributed by atoms with E-state index in [1.54, 1.807) is 24.3 Å². The molecular weight excluding hydrogens is 278 g/mol. The van der Waals surface area contributed by atoms with Gasteiger partial charge in [-0.15, -0.1) is 0 Å². The van der Waals surface area contributed by atoms with Crippen LogP contribution in [-0.2, 0) is 11.3 Å². The zero-order valence-corrected chi connectivity index (χ0v) is 12.2. The van der Waals surface area contributed by atoms with Gasteiger partial charge in [0.25, 0.3) is 0 Å². The first kappa shape index (κ1) is 14.8. The Morgan fingerprint density at radius 2 is 2.40 bits per heavy atom. The molecule has 2 heterocycles. The predicted molar refractivity (Wildman–Crippen MR) is 75.8 cm³/mol. The van der Waals surface area contributed by atoms with Crippen LogP contribution >= 0.6 is 11.3 Å². The SMILES string of the molecule is COC(=O)c1cc(CNCC(O)c2ccsc2)oc1C. The largest absolute Gasteiger partial charge is 0.465 e. The number of esters is 1. The summed E-state index contributed by atoms with van der Waals surface area (Å²) >= 11 is 1.55. The number of thiophene rings is 1. The van der Waals surface area contributed by atoms with Gasteiger partial charge in [0.2, 0.25) is 0 Å². The summed E-state index contributed by atoms with van der Waals surface area (Å²) in [5.74, 6) is 0.767. The van der Waals surface area contributed by atoms with Crippen LogP contribution in [0.1, 0.15) is 33.5 Å². The summed E-state index contributed by atoms with van der Waals surface area (Å²) in [6.07, 6.45) is -0.544. The van der Waals surface area contributed by atoms with Gasteiger partial charge in [0, 0.05) is 6.54 Å². The number of carbonyl (C=O) groups excluding carboxylic acids is 1. The average molecular weight is 295 g/mol. The lowest BCUT2D eigenvalue weighted by molar-refractivity contribution is 0.0599. The van der Waals surface area contributed by atoms with E-state index in [2.05, 4.69) is 10.1 Å². The van der Waals surface area contributed by atoms with Crippen molar-refractivity contribution >= 4 is 17.3 Å². The van der Waals surface area contributed by atoms with Gasteiger partial charge in [-0.25, -0.2) is 4.79 Å². The number of ether oxygens (including phenoxy) is 1. The molecule has 0 saturated carbocycles. The Morgan fingerprint density at radius 1 is 1.60 bits per heavy atom. The normalized spacial score (nSPS) is 12.3. The second kappa shape index (κ2) is 6.69. The van der Waals surface area contributed by atoms with Crippen molar-refractivity contribution in [3.05, 3.63) is 45.5 Å². The number of aryl methyl sites for hydroxylation is 1. The van der Waals surface area contributed by atoms with Crippen molar-refractivity contribution in [2.75, 3.05) is 13.7 Å². The Hall–Kier alpha value is -1.63. The third-order valence-electron chi connectivity index (χ3n) is 2.94. The van der Waals surface area contributed by atoms with Crippen LogP contribution in [0, 0.1) is 6.92 Å². The standard InChI is InChI=1S/C14H17NO4S/c1-9-12(14(17)18-2)5-11(19-9)6-15-7-13(16)10-3-4-20-8-10/h3-5,8,13,15-16H,6-7H2,1-2H3. The van der Waals surface area contributed by atoms with Crippen LogP contribution < -0.4 is 5.32 Å². The smallest absolute Gasteiger partial charge is 0.341 e. The van der Waals surface area contributed by atoms with E-state index in [4.69, 9.17) is 4.42 Å². The minimum Gasteiger partial charge on any atom is -0.465 e. The van der Waals surface area contributed by atoms with Crippen molar-refractivity contribution in [2.45, 2.75) is 19.6 Å². The second-order valence-corrected chi connectivity index (χ2v) is 5.16. The summed E-state index contributed by atoms with van der Waals surface area (Å²) in [4.78, 5) is 11.4. The van der Waals surface area contributed by atoms with Crippen molar-refractivity contribution in [1.82, 2.24) is 5.32 Å². The summed E-state index contributed by atoms with van der Waals surface area (Å²) in [5, 5.41) is 16.9. The van der Waals surface area contributed by atoms with Crippen molar-refractivity contribution < 1.29 is 19.1 Å². The van der Waals surface area contributed by atoms with Gasteiger partial charge in [0.1, 0.15) is 17.1 Å². The number of methoxy groups -OCH3 is 1. The van der Waals surface area contributed by atoms with Crippen molar-refractivity contribution in [3.63, 3.8) is 0 Å². The van der Waals surface area contributed by atoms with Gasteiger partial charge in [-0.1, -0.05) is 0 Å². The Bertz CT molecular complexity index is 562. The molecule has 108 valence electrons. The molecule has 2 rings (SSSR count). The fourth-order valence-corrected chi connectivity index (χ4v) is 2.57. The monoisotopic (exact) mass is 295 g/mol. The van der Waals surface area contributed by atoms with Crippen molar-refractivity contribution in [3.8, 4) is 0 Å². The quantitative estimate of drug-likeness (QED) is 0.800. The topological polar surface area (TPSA) is 71.7 Å². The number of aliphatic hydroxyl groups is 1. The molecular formula is C14H17NO4S. The van der Waals surface area contributed by atoms with E-state index in [-0.39, 0.29) is 0 Å². The molecule has 0 fully saturated rings. The zero-order valence-electron chi connectivity index (χ0n) is 11.4. The van der Waals surface area contributed by atoms with E-state index in [0.717, 1.165) is 5.56 Å². The molecule has 0 saturated heterocycles. The summed E-state index contributed by atoms with van der Waals surface area (Å²) in [6.45, 7) is 2.58. The van der Waals surface area contributed by atoms with Crippen molar-refractivity contribution in [1.29, 1.82) is 0 Å². The Labute approximate surface area is 121 Å². The van der Waals surface area contributed by atoms with Gasteiger partial charge < -0.3 is 19.6 Å². The number of carbonyl (C=O) groups is 1. The van der Waals surface area contributed by atoms with E-state index in [9.17, 15) is 9.90 Å². The van der Waals surface area contributed by atoms with Crippen LogP contribution in [0.2, 0.25) is 0 Å². The van der Waals surface area contributed by atoms with E-state index in [1.807, 2.05) is 16.8 Å². The van der Waals surface area contributed by atoms with Crippen LogP contribution in [0.15, 0.2) is 27.3 Å². The molecule has 0 amide bonds. The summed E-state index contributed by atoms with van der Waals surface area (Å²) in [7, 11) is 1.34. The molecule has 2 aromatic heterocycles. The molecule has 2 N–H and O–H groups in total. The van der Waals surface area contributed by atoms with E-state index in [1.165, 1.54) is 7.11 Å². The first-order valence-electron chi connectivity index (χ1n) is 6.20. The third kappa shape index (κ3) is 3.47. The predicted octanol–water partition coefficient (Wildman–Crippen LogP) is 2.26. The molecule has 0 spiro atoms. The van der Waals surface area contributed by atoms with Crippen LogP contribution in [0.5, 0.6) is 0 Å². The number of rotatable bonds is 6. The van der Waals surface area contributed by atoms with Gasteiger partial charge >= 0.3 is 5.97 Å². The number of hydrogen-bond donors (Lipinski definition) is 2. The Kier molecular flexibility index (Phi) is 4.94. The second-order valence-electron chi connectivity index (χ2n) is 4.38. The number of hydrogen-bond acceptors (Lipinski definition) is 6. The highest BCUT2D eigenvalue weighted by atomic mass is 32.1. The lowest BCUT2D eigenvalue weighted by Crippen LogP contribution is -2.20. The minimum absolute atomic E-state index is 0.407. The molecule has 0 aliphatic carbocycles. The fraction of sp³-hybridized carbons (Fsp3) is 0.357. The lowest BCUT2D eigenvalue weighted by Gasteiger charge is -2.09. The van der Waals surface area contributed by atoms with Crippen LogP contribution in [-0.4, -0.2) is 24.7 Å². The fourth-order valence-electron chi connectivity index (χ4n) is 1.86. The van der Waals surface area contributed by atoms with Crippen LogP contribution in [0.4, 0.5) is 0 Å². The number of aliphatic hydroxyl groups excluding tert-OH is 1. The zero-order chi connectivity index (χ0) is 14.5. The first-order valence-corrected chi connectivity index (χ1v) is 7.14. The van der Waals surface area contributed by atoms with E-state index >= 15 is 0 Å². The highest BCUT2D eigenvalue weighted by Gasteiger charge is 2.15. The molecule has 2 aromatic rings. The summed E-state index contributed by atoms with van der Waals surface area (Å²) < 4.78 is 10.1. The molecule has 6 heteroatoms. The maximum Gasteiger partial charge on any atom is 0.341 e. The minimum atomic E-state index is -0.544. The van der Waals surface area contributed by atoms with Crippen molar-refractivity contribution in [2.24, 2.45) is 0 Å². The molecule has 1 atom stereocenters. The van der Waals surface area contributed by atoms with Gasteiger partial charge in [0.15, 0.2) is 0 Å². The maximum absolute atomic E-state index is 11.4. The number of furan rings is 1. The average Bonchev–Trinajstić information content (AvgIpc) is 3.07. The molecule has 1 unspecified atom stereocenters.